The second kappa shape index (κ2) is 41.5. The fourth-order valence-electron chi connectivity index (χ4n) is 10.9. The Labute approximate surface area is 680 Å². The van der Waals surface area contributed by atoms with Crippen molar-refractivity contribution in [3.63, 3.8) is 0 Å². The van der Waals surface area contributed by atoms with Gasteiger partial charge in [-0.15, -0.1) is 15.3 Å². The summed E-state index contributed by atoms with van der Waals surface area (Å²) < 4.78 is 66.2. The van der Waals surface area contributed by atoms with Crippen LogP contribution in [0.5, 0.6) is 11.5 Å². The molecule has 0 aliphatic heterocycles. The summed E-state index contributed by atoms with van der Waals surface area (Å²) in [6.45, 7) is 5.29. The number of anilines is 11. The molecule has 0 saturated heterocycles. The number of pyridine rings is 4. The summed E-state index contributed by atoms with van der Waals surface area (Å²) in [5.41, 5.74) is 18.1. The van der Waals surface area contributed by atoms with Gasteiger partial charge in [0.25, 0.3) is 5.91 Å². The topological polar surface area (TPSA) is 428 Å². The molecule has 614 valence electrons. The first-order valence-electron chi connectivity index (χ1n) is 37.0. The molecule has 2 fully saturated rings. The van der Waals surface area contributed by atoms with E-state index in [1.54, 1.807) is 109 Å². The lowest BCUT2D eigenvalue weighted by molar-refractivity contribution is 0.0507. The Morgan fingerprint density at radius 3 is 1.26 bits per heavy atom. The fourth-order valence-corrected chi connectivity index (χ4v) is 11.1. The maximum Gasteiger partial charge on any atom is 0.358 e. The van der Waals surface area contributed by atoms with Crippen molar-refractivity contribution < 1.29 is 57.8 Å². The third kappa shape index (κ3) is 22.9. The highest BCUT2D eigenvalue weighted by molar-refractivity contribution is 6.29. The highest BCUT2D eigenvalue weighted by Gasteiger charge is 2.39. The van der Waals surface area contributed by atoms with Crippen LogP contribution in [-0.4, -0.2) is 194 Å². The number of fused-ring (bicyclic) bond motifs is 4. The zero-order valence-corrected chi connectivity index (χ0v) is 65.9. The third-order valence-corrected chi connectivity index (χ3v) is 17.2. The summed E-state index contributed by atoms with van der Waals surface area (Å²) in [5.74, 6) is 3.08. The summed E-state index contributed by atoms with van der Waals surface area (Å²) in [6.07, 6.45) is 11.6. The molecule has 16 rings (SSSR count). The van der Waals surface area contributed by atoms with Crippen molar-refractivity contribution >= 4 is 121 Å². The van der Waals surface area contributed by atoms with Gasteiger partial charge in [0.1, 0.15) is 47.1 Å². The number of nitrogens with zero attached hydrogens (tertiary/aromatic N) is 18. The minimum atomic E-state index is -1.09. The molecule has 0 unspecified atom stereocenters. The van der Waals surface area contributed by atoms with Gasteiger partial charge in [-0.2, -0.15) is 5.10 Å². The molecule has 35 nitrogen and oxygen atoms in total. The number of halogens is 4. The average Bonchev–Trinajstić information content (AvgIpc) is 1.69. The molecule has 14 aromatic rings. The van der Waals surface area contributed by atoms with Crippen LogP contribution in [0.2, 0.25) is 5.15 Å². The van der Waals surface area contributed by atoms with Gasteiger partial charge in [-0.1, -0.05) is 60.1 Å². The molecule has 118 heavy (non-hydrogen) atoms. The number of aromatic nitrogens is 16. The van der Waals surface area contributed by atoms with Gasteiger partial charge >= 0.3 is 17.9 Å². The number of hydrogen-bond acceptors (Lipinski definition) is 29. The number of aromatic carboxylic acids is 1. The molecule has 0 radical (unpaired) electrons. The molecular weight excluding hydrogens is 1550 g/mol. The molecule has 0 bridgehead atoms. The number of nitrogen functional groups attached to an aromatic ring is 1. The molecule has 0 spiro atoms. The minimum Gasteiger partial charge on any atom is -0.497 e. The normalized spacial score (nSPS) is 13.9. The molecule has 4 atom stereocenters. The van der Waals surface area contributed by atoms with Crippen molar-refractivity contribution in [2.75, 3.05) is 105 Å². The number of rotatable bonds is 23. The van der Waals surface area contributed by atoms with E-state index in [1.165, 1.54) is 42.8 Å². The predicted molar refractivity (Wildman–Crippen MR) is 442 cm³/mol. The summed E-state index contributed by atoms with van der Waals surface area (Å²) in [5, 5.41) is 44.8. The average molecular weight is 1640 g/mol. The fraction of sp³-hybridized carbons (Fsp3) is 0.241. The molecule has 12 heterocycles. The first kappa shape index (κ1) is 84.4. The number of alkyl halides is 3. The first-order chi connectivity index (χ1) is 57.6. The number of nitrogens with one attached hydrogen (secondary N) is 6. The van der Waals surface area contributed by atoms with E-state index in [9.17, 15) is 32.3 Å². The Balaban J connectivity index is 0.000000158. The van der Waals surface area contributed by atoms with Crippen molar-refractivity contribution in [2.24, 2.45) is 5.73 Å². The second-order valence-corrected chi connectivity index (χ2v) is 25.7. The quantitative estimate of drug-likeness (QED) is 0.0269. The lowest BCUT2D eigenvalue weighted by atomic mass is 10.2. The highest BCUT2D eigenvalue weighted by atomic mass is 35.5. The Kier molecular flexibility index (Phi) is 29.6. The van der Waals surface area contributed by atoms with Gasteiger partial charge in [0.15, 0.2) is 68.0 Å². The maximum atomic E-state index is 13.0. The molecular formula is C79H86ClF3N26O9. The van der Waals surface area contributed by atoms with Crippen LogP contribution in [-0.2, 0) is 22.6 Å². The van der Waals surface area contributed by atoms with E-state index < -0.39 is 49.4 Å². The number of methoxy groups -OCH3 is 2. The van der Waals surface area contributed by atoms with Crippen molar-refractivity contribution in [3.05, 3.63) is 234 Å². The zero-order chi connectivity index (χ0) is 85.1. The third-order valence-electron chi connectivity index (χ3n) is 17.0. The number of imidazole rings is 4. The van der Waals surface area contributed by atoms with E-state index in [2.05, 4.69) is 92.2 Å². The van der Waals surface area contributed by atoms with Gasteiger partial charge in [-0.3, -0.25) is 9.18 Å². The van der Waals surface area contributed by atoms with Crippen LogP contribution in [0.1, 0.15) is 81.1 Å². The molecule has 12 aromatic heterocycles. The smallest absolute Gasteiger partial charge is 0.358 e. The zero-order valence-electron chi connectivity index (χ0n) is 66.2. The van der Waals surface area contributed by atoms with E-state index in [4.69, 9.17) is 48.5 Å². The first-order valence-corrected chi connectivity index (χ1v) is 36.7. The SMILES string of the molecule is CCOC(=O)c1cnc2c(N(C)Cc3ccc(OC)cc3)cc(Cl)nn12.CCOC(=O)c1cnc2c(N(C)Cc3ccc(OC)cc3)cc(Nc3ccccn3)nn12.CNc1cc(Nc2ccccn2)nn2c(C(=O)N[C@@H]3C[C@@H]3F)cnc12.CNc1cc(Nc2ccccn2)nn2c(C(=O)O)cnc12.N[C@@H]1C[C@@H]1F.Nc1ccccn1.[2H]CF. The van der Waals surface area contributed by atoms with Crippen molar-refractivity contribution in [2.45, 2.75) is 64.2 Å². The Bertz CT molecular complexity index is 5650. The van der Waals surface area contributed by atoms with Gasteiger partial charge < -0.3 is 77.2 Å². The molecule has 2 saturated carbocycles. The van der Waals surface area contributed by atoms with Crippen LogP contribution in [0.15, 0.2) is 195 Å². The second-order valence-electron chi connectivity index (χ2n) is 25.3. The van der Waals surface area contributed by atoms with E-state index >= 15 is 0 Å². The van der Waals surface area contributed by atoms with E-state index in [1.807, 2.05) is 127 Å². The Morgan fingerprint density at radius 2 is 0.907 bits per heavy atom. The summed E-state index contributed by atoms with van der Waals surface area (Å²) >= 11 is 6.17. The van der Waals surface area contributed by atoms with E-state index in [0.717, 1.165) is 34.0 Å². The number of amides is 1. The molecule has 2 aliphatic rings. The summed E-state index contributed by atoms with van der Waals surface area (Å²) in [4.78, 5) is 85.6. The number of nitrogens with two attached hydrogens (primary N) is 2. The number of ether oxygens (including phenoxy) is 4. The Hall–Kier alpha value is -14.6. The number of esters is 2. The monoisotopic (exact) mass is 1640 g/mol. The van der Waals surface area contributed by atoms with Crippen LogP contribution >= 0.6 is 11.6 Å². The molecule has 39 heteroatoms. The standard InChI is InChI=1S/C23H24N6O3.C18H19ClN4O3.C16H16FN7O.C13H12N6O2.C5H6N2.C3H6FN.CH3F/c1-4-32-23(30)19-14-25-22-18(28(2)15-16-8-10-17(31-3)11-9-16)13-21(27-29(19)22)26-20-7-5-6-12-24-20;1-4-26-18(24)15-10-20-17-14(9-16(19)21-23(15)17)22(2)11-12-5-7-13(25-3)8-6-12;1-18-11-7-14(22-13-4-2-3-5-19-13)23-24-12(8-20-15(11)24)16(25)21-10-6-9(10)17;1-14-8-6-11(17-10-4-2-3-5-15-10)18-19-9(13(20)21)7-16-12(8)19;6-5-3-1-2-4-7-5;4-2-1-3(2)5;1-2/h5-14H,4,15H2,1-3H3,(H,24,26,27);5-10H,4,11H2,1-3H3;2-5,7-10,18H,6H2,1H3,(H,21,25)(H,19,22,23);2-7,14H,1H3,(H,20,21)(H,15,17,18);1-4H,(H2,6,7);2-3H,1,5H2;1H3/t;;9-,10+;;;2-,3+;/m..0..0./s1/i;;;;;;1D. The number of carbonyl (C=O) groups excluding carboxylic acids is 3. The van der Waals surface area contributed by atoms with Crippen LogP contribution in [0, 0.1) is 0 Å². The van der Waals surface area contributed by atoms with Gasteiger partial charge in [0, 0.05) is 103 Å². The number of benzene rings is 2. The lowest BCUT2D eigenvalue weighted by Crippen LogP contribution is -2.28. The van der Waals surface area contributed by atoms with Gasteiger partial charge in [0.2, 0.25) is 0 Å². The Morgan fingerprint density at radius 1 is 0.534 bits per heavy atom. The van der Waals surface area contributed by atoms with Gasteiger partial charge in [0.05, 0.1) is 89.5 Å². The minimum absolute atomic E-state index is 0.00818. The van der Waals surface area contributed by atoms with E-state index in [0.29, 0.717) is 101 Å². The van der Waals surface area contributed by atoms with Gasteiger partial charge in [-0.25, -0.2) is 81.1 Å². The predicted octanol–water partition coefficient (Wildman–Crippen LogP) is 11.6. The molecule has 2 aliphatic carbocycles. The molecule has 11 N–H and O–H groups in total. The van der Waals surface area contributed by atoms with Crippen molar-refractivity contribution in [3.8, 4) is 11.5 Å². The largest absolute Gasteiger partial charge is 0.497 e. The molecule has 1 amide bonds. The van der Waals surface area contributed by atoms with Crippen molar-refractivity contribution in [1.82, 2.24) is 83.6 Å². The summed E-state index contributed by atoms with van der Waals surface area (Å²) in [6, 6.07) is 44.2. The number of carboxylic acids is 1. The van der Waals surface area contributed by atoms with Crippen molar-refractivity contribution in [1.29, 1.82) is 0 Å². The summed E-state index contributed by atoms with van der Waals surface area (Å²) in [7, 11) is 9.65. The van der Waals surface area contributed by atoms with Crippen LogP contribution in [0.4, 0.5) is 76.6 Å². The maximum absolute atomic E-state index is 13.0. The van der Waals surface area contributed by atoms with Crippen LogP contribution in [0.3, 0.4) is 0 Å². The number of carbonyl (C=O) groups is 4. The van der Waals surface area contributed by atoms with E-state index in [-0.39, 0.29) is 47.2 Å². The number of carboxylic acid groups (broad SMARTS) is 1. The van der Waals surface area contributed by atoms with Gasteiger partial charge in [-0.05, 0) is 104 Å². The van der Waals surface area contributed by atoms with Crippen LogP contribution in [0.25, 0.3) is 22.6 Å². The molecule has 2 aromatic carbocycles. The lowest BCUT2D eigenvalue weighted by Gasteiger charge is -2.21. The highest BCUT2D eigenvalue weighted by Crippen LogP contribution is 2.31. The number of hydrogen-bond donors (Lipinski definition) is 9. The van der Waals surface area contributed by atoms with Crippen LogP contribution < -0.4 is 62.6 Å².